The Balaban J connectivity index is 1.83. The highest BCUT2D eigenvalue weighted by molar-refractivity contribution is 5.84. The van der Waals surface area contributed by atoms with Crippen molar-refractivity contribution in [3.05, 3.63) is 47.5 Å². The Morgan fingerprint density at radius 1 is 1.24 bits per heavy atom. The van der Waals surface area contributed by atoms with Gasteiger partial charge in [0.15, 0.2) is 0 Å². The molecule has 0 bridgehead atoms. The third-order valence-corrected chi connectivity index (χ3v) is 7.00. The Morgan fingerprint density at radius 3 is 2.53 bits per heavy atom. The van der Waals surface area contributed by atoms with Crippen LogP contribution < -0.4 is 10.1 Å². The van der Waals surface area contributed by atoms with Gasteiger partial charge in [-0.1, -0.05) is 46.8 Å². The van der Waals surface area contributed by atoms with Gasteiger partial charge >= 0.3 is 5.97 Å². The van der Waals surface area contributed by atoms with Crippen LogP contribution in [0.2, 0.25) is 0 Å². The molecule has 34 heavy (non-hydrogen) atoms. The topological polar surface area (TPSA) is 76.4 Å². The number of methoxy groups -OCH3 is 1. The van der Waals surface area contributed by atoms with Crippen LogP contribution >= 0.6 is 0 Å². The second kappa shape index (κ2) is 9.32. The van der Waals surface area contributed by atoms with Crippen LogP contribution in [-0.2, 0) is 11.2 Å². The summed E-state index contributed by atoms with van der Waals surface area (Å²) in [6.45, 7) is 11.4. The molecule has 0 radical (unpaired) electrons. The number of hydrogen-bond acceptors (Lipinski definition) is 4. The fraction of sp³-hybridized carbons (Fsp3) is 0.500. The van der Waals surface area contributed by atoms with E-state index in [1.54, 1.807) is 7.11 Å². The van der Waals surface area contributed by atoms with Gasteiger partial charge in [-0.3, -0.25) is 4.79 Å². The molecule has 0 unspecified atom stereocenters. The summed E-state index contributed by atoms with van der Waals surface area (Å²) in [4.78, 5) is 16.4. The molecule has 1 fully saturated rings. The first kappa shape index (κ1) is 24.1. The molecular formula is C28H37N3O3. The number of ether oxygens (including phenoxy) is 1. The van der Waals surface area contributed by atoms with Crippen molar-refractivity contribution < 1.29 is 14.6 Å². The van der Waals surface area contributed by atoms with Crippen LogP contribution in [-0.4, -0.2) is 27.7 Å². The van der Waals surface area contributed by atoms with Gasteiger partial charge in [0.25, 0.3) is 0 Å². The molecule has 0 spiro atoms. The van der Waals surface area contributed by atoms with Crippen molar-refractivity contribution in [2.24, 2.45) is 11.3 Å². The SMILES string of the molecule is COc1cc2c(cc1CC(=O)O)nc(Nc1ccc(C(C)C)cc1)n2[C@H]1C[C@@H](C)CC(C)(C)C1. The monoisotopic (exact) mass is 463 g/mol. The molecule has 1 heterocycles. The van der Waals surface area contributed by atoms with Crippen molar-refractivity contribution in [2.45, 2.75) is 72.3 Å². The Labute approximate surface area is 202 Å². The van der Waals surface area contributed by atoms with E-state index >= 15 is 0 Å². The van der Waals surface area contributed by atoms with Crippen molar-refractivity contribution in [1.29, 1.82) is 0 Å². The number of anilines is 2. The van der Waals surface area contributed by atoms with Gasteiger partial charge < -0.3 is 19.7 Å². The molecule has 3 aromatic rings. The van der Waals surface area contributed by atoms with Crippen molar-refractivity contribution in [3.8, 4) is 5.75 Å². The average molecular weight is 464 g/mol. The maximum atomic E-state index is 11.4. The molecule has 6 heteroatoms. The van der Waals surface area contributed by atoms with E-state index in [1.165, 1.54) is 12.0 Å². The fourth-order valence-electron chi connectivity index (χ4n) is 5.69. The molecule has 1 aliphatic rings. The van der Waals surface area contributed by atoms with E-state index in [1.807, 2.05) is 12.1 Å². The lowest BCUT2D eigenvalue weighted by Gasteiger charge is -2.40. The standard InChI is InChI=1S/C28H37N3O3/c1-17(2)19-7-9-21(10-8-19)29-27-30-23-12-20(13-26(32)33)25(34-6)14-24(23)31(27)22-11-18(3)15-28(4,5)16-22/h7-10,12,14,17-18,22H,11,13,15-16H2,1-6H3,(H,29,30)(H,32,33)/t18-,22+/m1/s1. The minimum atomic E-state index is -0.886. The summed E-state index contributed by atoms with van der Waals surface area (Å²) < 4.78 is 7.91. The number of carboxylic acid groups (broad SMARTS) is 1. The van der Waals surface area contributed by atoms with Gasteiger partial charge in [0, 0.05) is 23.4 Å². The third kappa shape index (κ3) is 5.06. The van der Waals surface area contributed by atoms with E-state index in [4.69, 9.17) is 9.72 Å². The van der Waals surface area contributed by atoms with Crippen LogP contribution in [0.1, 0.15) is 77.0 Å². The van der Waals surface area contributed by atoms with E-state index in [2.05, 4.69) is 68.8 Å². The van der Waals surface area contributed by atoms with Crippen molar-refractivity contribution in [3.63, 3.8) is 0 Å². The van der Waals surface area contributed by atoms with Crippen molar-refractivity contribution in [2.75, 3.05) is 12.4 Å². The molecule has 4 rings (SSSR count). The summed E-state index contributed by atoms with van der Waals surface area (Å²) >= 11 is 0. The van der Waals surface area contributed by atoms with Crippen LogP contribution in [0.3, 0.4) is 0 Å². The maximum Gasteiger partial charge on any atom is 0.307 e. The summed E-state index contributed by atoms with van der Waals surface area (Å²) in [5.74, 6) is 1.58. The molecule has 1 aromatic heterocycles. The number of nitrogens with one attached hydrogen (secondary N) is 1. The number of aliphatic carboxylic acids is 1. The first-order chi connectivity index (χ1) is 16.1. The second-order valence-corrected chi connectivity index (χ2v) is 11.0. The Morgan fingerprint density at radius 2 is 1.94 bits per heavy atom. The smallest absolute Gasteiger partial charge is 0.307 e. The minimum absolute atomic E-state index is 0.0983. The quantitative estimate of drug-likeness (QED) is 0.397. The van der Waals surface area contributed by atoms with Gasteiger partial charge in [-0.25, -0.2) is 4.98 Å². The molecular weight excluding hydrogens is 426 g/mol. The molecule has 2 N–H and O–H groups in total. The lowest BCUT2D eigenvalue weighted by Crippen LogP contribution is -2.29. The molecule has 2 aromatic carbocycles. The van der Waals surface area contributed by atoms with E-state index < -0.39 is 5.97 Å². The lowest BCUT2D eigenvalue weighted by molar-refractivity contribution is -0.136. The van der Waals surface area contributed by atoms with Crippen LogP contribution in [0.25, 0.3) is 11.0 Å². The van der Waals surface area contributed by atoms with E-state index in [0.717, 1.165) is 35.5 Å². The number of aromatic nitrogens is 2. The fourth-order valence-corrected chi connectivity index (χ4v) is 5.69. The molecule has 0 saturated heterocycles. The van der Waals surface area contributed by atoms with Gasteiger partial charge in [-0.05, 0) is 60.3 Å². The molecule has 182 valence electrons. The molecule has 0 aliphatic heterocycles. The molecule has 1 aliphatic carbocycles. The third-order valence-electron chi connectivity index (χ3n) is 7.00. The first-order valence-electron chi connectivity index (χ1n) is 12.2. The molecule has 6 nitrogen and oxygen atoms in total. The van der Waals surface area contributed by atoms with Crippen LogP contribution in [0.5, 0.6) is 5.75 Å². The van der Waals surface area contributed by atoms with Gasteiger partial charge in [0.2, 0.25) is 5.95 Å². The predicted molar refractivity (Wildman–Crippen MR) is 137 cm³/mol. The normalized spacial score (nSPS) is 20.0. The van der Waals surface area contributed by atoms with Gasteiger partial charge in [-0.2, -0.15) is 0 Å². The summed E-state index contributed by atoms with van der Waals surface area (Å²) in [5, 5.41) is 12.9. The number of carbonyl (C=O) groups is 1. The maximum absolute atomic E-state index is 11.4. The van der Waals surface area contributed by atoms with E-state index in [0.29, 0.717) is 23.1 Å². The second-order valence-electron chi connectivity index (χ2n) is 11.0. The van der Waals surface area contributed by atoms with E-state index in [-0.39, 0.29) is 17.9 Å². The molecule has 1 saturated carbocycles. The molecule has 2 atom stereocenters. The zero-order valence-electron chi connectivity index (χ0n) is 21.2. The number of fused-ring (bicyclic) bond motifs is 1. The Bertz CT molecular complexity index is 1180. The number of imidazole rings is 1. The summed E-state index contributed by atoms with van der Waals surface area (Å²) in [6, 6.07) is 12.6. The van der Waals surface area contributed by atoms with Crippen LogP contribution in [0.4, 0.5) is 11.6 Å². The van der Waals surface area contributed by atoms with Crippen LogP contribution in [0.15, 0.2) is 36.4 Å². The number of rotatable bonds is 7. The van der Waals surface area contributed by atoms with Gasteiger partial charge in [0.05, 0.1) is 24.6 Å². The molecule has 0 amide bonds. The Hall–Kier alpha value is -3.02. The Kier molecular flexibility index (Phi) is 6.61. The number of carboxylic acids is 1. The highest BCUT2D eigenvalue weighted by atomic mass is 16.5. The largest absolute Gasteiger partial charge is 0.496 e. The van der Waals surface area contributed by atoms with E-state index in [9.17, 15) is 9.90 Å². The van der Waals surface area contributed by atoms with Gasteiger partial charge in [0.1, 0.15) is 5.75 Å². The highest BCUT2D eigenvalue weighted by Gasteiger charge is 2.35. The summed E-state index contributed by atoms with van der Waals surface area (Å²) in [6.07, 6.45) is 3.25. The van der Waals surface area contributed by atoms with Crippen molar-refractivity contribution >= 4 is 28.6 Å². The van der Waals surface area contributed by atoms with Crippen molar-refractivity contribution in [1.82, 2.24) is 9.55 Å². The zero-order valence-corrected chi connectivity index (χ0v) is 21.2. The zero-order chi connectivity index (χ0) is 24.6. The minimum Gasteiger partial charge on any atom is -0.496 e. The summed E-state index contributed by atoms with van der Waals surface area (Å²) in [7, 11) is 1.59. The number of benzene rings is 2. The predicted octanol–water partition coefficient (Wildman–Crippen LogP) is 6.93. The highest BCUT2D eigenvalue weighted by Crippen LogP contribution is 2.46. The summed E-state index contributed by atoms with van der Waals surface area (Å²) in [5.41, 5.74) is 4.92. The van der Waals surface area contributed by atoms with Gasteiger partial charge in [-0.15, -0.1) is 0 Å². The number of nitrogens with zero attached hydrogens (tertiary/aromatic N) is 2. The van der Waals surface area contributed by atoms with Crippen LogP contribution in [0, 0.1) is 11.3 Å². The first-order valence-corrected chi connectivity index (χ1v) is 12.2. The average Bonchev–Trinajstić information content (AvgIpc) is 3.08. The number of hydrogen-bond donors (Lipinski definition) is 2. The lowest BCUT2D eigenvalue weighted by atomic mass is 9.70.